The number of nitrogens with one attached hydrogen (secondary N) is 1. The predicted octanol–water partition coefficient (Wildman–Crippen LogP) is 0.346. The summed E-state index contributed by atoms with van der Waals surface area (Å²) in [5.41, 5.74) is 0.719. The number of aliphatic hydroxyl groups is 1. The van der Waals surface area contributed by atoms with Gasteiger partial charge in [-0.3, -0.25) is 14.7 Å². The fourth-order valence-corrected chi connectivity index (χ4v) is 5.66. The van der Waals surface area contributed by atoms with Crippen molar-refractivity contribution in [3.63, 3.8) is 0 Å². The molecule has 0 aromatic carbocycles. The van der Waals surface area contributed by atoms with E-state index in [4.69, 9.17) is 9.84 Å². The standard InChI is InChI=1S/C17H26N4O5S/c1-12-9-18-19-14(12)16(24)21-5-6-26-17(11-21)3-7-27(25,8-4-17)20-15(23)13(2)10-22/h9,13,22H,3-8,10-11H2,1-2H3,(H,18,19). The van der Waals surface area contributed by atoms with Crippen molar-refractivity contribution < 1.29 is 23.6 Å². The van der Waals surface area contributed by atoms with Crippen LogP contribution in [0, 0.1) is 12.8 Å². The lowest BCUT2D eigenvalue weighted by atomic mass is 9.94. The molecule has 2 fully saturated rings. The Bertz CT molecular complexity index is 828. The Labute approximate surface area is 158 Å². The number of ether oxygens (including phenoxy) is 1. The first kappa shape index (κ1) is 20.0. The van der Waals surface area contributed by atoms with Gasteiger partial charge in [-0.15, -0.1) is 0 Å². The SMILES string of the molecule is Cc1cn[nH]c1C(=O)N1CCOC2(CCS(=O)(=NC(=O)C(C)CO)CC2)C1. The summed E-state index contributed by atoms with van der Waals surface area (Å²) in [7, 11) is -2.64. The second-order valence-corrected chi connectivity index (χ2v) is 9.92. The number of aliphatic hydroxyl groups excluding tert-OH is 1. The van der Waals surface area contributed by atoms with Gasteiger partial charge < -0.3 is 14.7 Å². The van der Waals surface area contributed by atoms with E-state index in [0.717, 1.165) is 5.56 Å². The number of H-pyrrole nitrogens is 1. The van der Waals surface area contributed by atoms with E-state index in [1.807, 2.05) is 6.92 Å². The maximum atomic E-state index is 12.9. The molecule has 3 heterocycles. The molecule has 0 bridgehead atoms. The molecule has 1 spiro atoms. The summed E-state index contributed by atoms with van der Waals surface area (Å²) in [6.07, 6.45) is 2.56. The van der Waals surface area contributed by atoms with Crippen LogP contribution in [0.15, 0.2) is 10.6 Å². The highest BCUT2D eigenvalue weighted by atomic mass is 32.2. The highest BCUT2D eigenvalue weighted by Gasteiger charge is 2.43. The van der Waals surface area contributed by atoms with Crippen molar-refractivity contribution in [3.8, 4) is 0 Å². The molecule has 1 aromatic heterocycles. The largest absolute Gasteiger partial charge is 0.396 e. The van der Waals surface area contributed by atoms with Gasteiger partial charge >= 0.3 is 0 Å². The van der Waals surface area contributed by atoms with Crippen LogP contribution in [0.25, 0.3) is 0 Å². The highest BCUT2D eigenvalue weighted by Crippen LogP contribution is 2.32. The van der Waals surface area contributed by atoms with Crippen molar-refractivity contribution in [2.24, 2.45) is 10.3 Å². The van der Waals surface area contributed by atoms with E-state index in [2.05, 4.69) is 14.6 Å². The molecule has 2 saturated heterocycles. The first-order valence-corrected chi connectivity index (χ1v) is 10.9. The zero-order valence-corrected chi connectivity index (χ0v) is 16.5. The normalized spacial score (nSPS) is 29.5. The molecule has 0 aliphatic carbocycles. The van der Waals surface area contributed by atoms with Gasteiger partial charge in [0.15, 0.2) is 0 Å². The fraction of sp³-hybridized carbons (Fsp3) is 0.706. The lowest BCUT2D eigenvalue weighted by molar-refractivity contribution is -0.122. The van der Waals surface area contributed by atoms with Gasteiger partial charge in [-0.2, -0.15) is 9.46 Å². The van der Waals surface area contributed by atoms with Crippen molar-refractivity contribution in [2.45, 2.75) is 32.3 Å². The molecular weight excluding hydrogens is 372 g/mol. The maximum Gasteiger partial charge on any atom is 0.272 e. The molecule has 1 atom stereocenters. The molecule has 1 aromatic rings. The molecule has 9 nitrogen and oxygen atoms in total. The first-order chi connectivity index (χ1) is 12.8. The molecule has 1 unspecified atom stereocenters. The molecule has 0 saturated carbocycles. The second-order valence-electron chi connectivity index (χ2n) is 7.38. The van der Waals surface area contributed by atoms with Gasteiger partial charge in [0.1, 0.15) is 5.69 Å². The number of carbonyl (C=O) groups excluding carboxylic acids is 2. The zero-order valence-electron chi connectivity index (χ0n) is 15.6. The van der Waals surface area contributed by atoms with E-state index in [-0.39, 0.29) is 24.0 Å². The number of hydrogen-bond donors (Lipinski definition) is 2. The van der Waals surface area contributed by atoms with E-state index in [1.54, 1.807) is 18.0 Å². The Morgan fingerprint density at radius 1 is 1.48 bits per heavy atom. The Kier molecular flexibility index (Phi) is 5.68. The molecule has 0 radical (unpaired) electrons. The third kappa shape index (κ3) is 4.22. The number of aromatic nitrogens is 2. The van der Waals surface area contributed by atoms with Crippen LogP contribution in [-0.2, 0) is 19.3 Å². The Morgan fingerprint density at radius 2 is 2.19 bits per heavy atom. The van der Waals surface area contributed by atoms with Gasteiger partial charge in [0, 0.05) is 18.1 Å². The van der Waals surface area contributed by atoms with E-state index in [9.17, 15) is 13.8 Å². The Hall–Kier alpha value is -1.78. The van der Waals surface area contributed by atoms with Crippen molar-refractivity contribution in [3.05, 3.63) is 17.5 Å². The molecule has 10 heteroatoms. The Balaban J connectivity index is 1.69. The summed E-state index contributed by atoms with van der Waals surface area (Å²) in [5, 5.41) is 15.7. The topological polar surface area (TPSA) is 125 Å². The predicted molar refractivity (Wildman–Crippen MR) is 98.7 cm³/mol. The number of morpholine rings is 1. The highest BCUT2D eigenvalue weighted by molar-refractivity contribution is 7.93. The first-order valence-electron chi connectivity index (χ1n) is 9.08. The van der Waals surface area contributed by atoms with Gasteiger partial charge in [0.2, 0.25) is 0 Å². The van der Waals surface area contributed by atoms with Crippen LogP contribution in [0.1, 0.15) is 35.8 Å². The average molecular weight is 398 g/mol. The fourth-order valence-electron chi connectivity index (χ4n) is 3.38. The van der Waals surface area contributed by atoms with Crippen LogP contribution in [0.2, 0.25) is 0 Å². The van der Waals surface area contributed by atoms with Crippen molar-refractivity contribution >= 4 is 21.5 Å². The van der Waals surface area contributed by atoms with Gasteiger partial charge in [0.25, 0.3) is 11.8 Å². The molecule has 2 N–H and O–H groups in total. The third-order valence-corrected chi connectivity index (χ3v) is 7.48. The molecular formula is C17H26N4O5S. The molecule has 3 rings (SSSR count). The average Bonchev–Trinajstić information content (AvgIpc) is 3.09. The minimum Gasteiger partial charge on any atom is -0.396 e. The molecule has 2 aliphatic heterocycles. The van der Waals surface area contributed by atoms with Crippen LogP contribution in [0.4, 0.5) is 0 Å². The molecule has 150 valence electrons. The summed E-state index contributed by atoms with van der Waals surface area (Å²) in [6, 6.07) is 0. The summed E-state index contributed by atoms with van der Waals surface area (Å²) in [5.74, 6) is -0.773. The van der Waals surface area contributed by atoms with Crippen LogP contribution in [0.5, 0.6) is 0 Å². The van der Waals surface area contributed by atoms with E-state index < -0.39 is 27.2 Å². The van der Waals surface area contributed by atoms with Crippen molar-refractivity contribution in [2.75, 3.05) is 37.8 Å². The number of hydrogen-bond acceptors (Lipinski definition) is 6. The van der Waals surface area contributed by atoms with Crippen LogP contribution in [0.3, 0.4) is 0 Å². The van der Waals surface area contributed by atoms with Crippen molar-refractivity contribution in [1.82, 2.24) is 15.1 Å². The third-order valence-electron chi connectivity index (χ3n) is 5.28. The summed E-state index contributed by atoms with van der Waals surface area (Å²) in [4.78, 5) is 26.4. The van der Waals surface area contributed by atoms with E-state index in [0.29, 0.717) is 38.2 Å². The number of rotatable bonds is 3. The van der Waals surface area contributed by atoms with Gasteiger partial charge in [-0.25, -0.2) is 4.21 Å². The minimum absolute atomic E-state index is 0.115. The van der Waals surface area contributed by atoms with Gasteiger partial charge in [0.05, 0.1) is 47.2 Å². The summed E-state index contributed by atoms with van der Waals surface area (Å²) in [6.45, 7) is 4.40. The zero-order chi connectivity index (χ0) is 19.7. The number of nitrogens with zero attached hydrogens (tertiary/aromatic N) is 3. The van der Waals surface area contributed by atoms with E-state index >= 15 is 0 Å². The van der Waals surface area contributed by atoms with Crippen LogP contribution in [-0.4, -0.2) is 79.6 Å². The second kappa shape index (κ2) is 7.69. The number of aromatic amines is 1. The quantitative estimate of drug-likeness (QED) is 0.757. The van der Waals surface area contributed by atoms with Crippen LogP contribution >= 0.6 is 0 Å². The minimum atomic E-state index is -2.64. The maximum absolute atomic E-state index is 12.9. The molecule has 27 heavy (non-hydrogen) atoms. The summed E-state index contributed by atoms with van der Waals surface area (Å²) >= 11 is 0. The summed E-state index contributed by atoms with van der Waals surface area (Å²) < 4.78 is 22.8. The van der Waals surface area contributed by atoms with E-state index in [1.165, 1.54) is 0 Å². The Morgan fingerprint density at radius 3 is 2.78 bits per heavy atom. The lowest BCUT2D eigenvalue weighted by Gasteiger charge is -2.45. The lowest BCUT2D eigenvalue weighted by Crippen LogP contribution is -2.56. The molecule has 2 amide bonds. The van der Waals surface area contributed by atoms with Crippen molar-refractivity contribution in [1.29, 1.82) is 0 Å². The number of aryl methyl sites for hydroxylation is 1. The van der Waals surface area contributed by atoms with Crippen LogP contribution < -0.4 is 0 Å². The molecule has 2 aliphatic rings. The number of carbonyl (C=O) groups is 2. The van der Waals surface area contributed by atoms with Gasteiger partial charge in [-0.05, 0) is 25.3 Å². The smallest absolute Gasteiger partial charge is 0.272 e. The van der Waals surface area contributed by atoms with Gasteiger partial charge in [-0.1, -0.05) is 6.92 Å². The monoisotopic (exact) mass is 398 g/mol. The number of amides is 2.